The van der Waals surface area contributed by atoms with Gasteiger partial charge < -0.3 is 0 Å². The van der Waals surface area contributed by atoms with Crippen molar-refractivity contribution in [3.63, 3.8) is 0 Å². The topological polar surface area (TPSA) is 0 Å². The number of hydrogen-bond donors (Lipinski definition) is 0. The molecular formula is C29H58. The molecule has 0 saturated heterocycles. The van der Waals surface area contributed by atoms with Crippen molar-refractivity contribution in [1.29, 1.82) is 0 Å². The highest BCUT2D eigenvalue weighted by atomic mass is 14.3. The van der Waals surface area contributed by atoms with E-state index in [1.165, 1.54) is 44.9 Å². The fraction of sp³-hybridized carbons (Fsp3) is 0.931. The second-order valence-electron chi connectivity index (χ2n) is 11.3. The molecule has 174 valence electrons. The summed E-state index contributed by atoms with van der Waals surface area (Å²) in [6.07, 6.45) is 14.6. The molecule has 0 bridgehead atoms. The number of allylic oxidation sites excluding steroid dienone is 2. The Labute approximate surface area is 186 Å². The molecule has 0 N–H and O–H groups in total. The third kappa shape index (κ3) is 11.1. The van der Waals surface area contributed by atoms with Crippen molar-refractivity contribution in [2.75, 3.05) is 0 Å². The van der Waals surface area contributed by atoms with Gasteiger partial charge in [-0.25, -0.2) is 0 Å². The van der Waals surface area contributed by atoms with Crippen LogP contribution in [0.2, 0.25) is 0 Å². The maximum atomic E-state index is 2.54. The quantitative estimate of drug-likeness (QED) is 0.224. The third-order valence-electron chi connectivity index (χ3n) is 8.27. The van der Waals surface area contributed by atoms with E-state index >= 15 is 0 Å². The van der Waals surface area contributed by atoms with Crippen molar-refractivity contribution in [2.24, 2.45) is 53.3 Å². The maximum absolute atomic E-state index is 2.54. The van der Waals surface area contributed by atoms with E-state index in [0.717, 1.165) is 47.3 Å². The SMILES string of the molecule is CCCCC(C(C)C)C(C)CC(CCC)C(C)CC=CC(C)C(C)C(C)C(C)C. The van der Waals surface area contributed by atoms with E-state index < -0.39 is 0 Å². The Kier molecular flexibility index (Phi) is 15.4. The third-order valence-corrected chi connectivity index (χ3v) is 8.27. The standard InChI is InChI=1S/C29H58/c1-12-14-19-29(22(5)6)25(9)20-28(16-13-2)24(8)18-15-17-23(7)27(11)26(10)21(3)4/h15,17,21-29H,12-14,16,18-20H2,1-11H3. The van der Waals surface area contributed by atoms with Crippen molar-refractivity contribution in [1.82, 2.24) is 0 Å². The molecule has 0 amide bonds. The van der Waals surface area contributed by atoms with E-state index in [-0.39, 0.29) is 0 Å². The molecule has 7 unspecified atom stereocenters. The molecule has 0 nitrogen and oxygen atoms in total. The molecule has 0 radical (unpaired) electrons. The zero-order valence-corrected chi connectivity index (χ0v) is 22.3. The summed E-state index contributed by atoms with van der Waals surface area (Å²) in [5, 5.41) is 0. The number of hydrogen-bond acceptors (Lipinski definition) is 0. The van der Waals surface area contributed by atoms with Crippen LogP contribution in [0.4, 0.5) is 0 Å². The van der Waals surface area contributed by atoms with E-state index in [2.05, 4.69) is 88.3 Å². The maximum Gasteiger partial charge on any atom is -0.0234 e. The summed E-state index contributed by atoms with van der Waals surface area (Å²) in [7, 11) is 0. The van der Waals surface area contributed by atoms with Gasteiger partial charge in [0.1, 0.15) is 0 Å². The first-order valence-corrected chi connectivity index (χ1v) is 13.2. The van der Waals surface area contributed by atoms with Gasteiger partial charge in [0, 0.05) is 0 Å². The van der Waals surface area contributed by atoms with Crippen LogP contribution in [0.25, 0.3) is 0 Å². The smallest absolute Gasteiger partial charge is 0.0234 e. The van der Waals surface area contributed by atoms with E-state index in [9.17, 15) is 0 Å². The fourth-order valence-corrected chi connectivity index (χ4v) is 5.33. The molecule has 0 rings (SSSR count). The molecule has 0 heteroatoms. The Balaban J connectivity index is 4.85. The molecule has 0 saturated carbocycles. The molecule has 0 heterocycles. The molecule has 0 aromatic heterocycles. The summed E-state index contributed by atoms with van der Waals surface area (Å²) in [6, 6.07) is 0. The van der Waals surface area contributed by atoms with Crippen molar-refractivity contribution in [3.05, 3.63) is 12.2 Å². The minimum absolute atomic E-state index is 0.683. The van der Waals surface area contributed by atoms with E-state index in [0.29, 0.717) is 5.92 Å². The first kappa shape index (κ1) is 28.7. The van der Waals surface area contributed by atoms with Gasteiger partial charge in [0.25, 0.3) is 0 Å². The zero-order valence-electron chi connectivity index (χ0n) is 22.3. The van der Waals surface area contributed by atoms with Crippen LogP contribution >= 0.6 is 0 Å². The first-order valence-electron chi connectivity index (χ1n) is 13.2. The summed E-state index contributed by atoms with van der Waals surface area (Å²) in [6.45, 7) is 26.6. The van der Waals surface area contributed by atoms with E-state index in [4.69, 9.17) is 0 Å². The Morgan fingerprint density at radius 1 is 0.655 bits per heavy atom. The highest BCUT2D eigenvalue weighted by molar-refractivity contribution is 4.92. The molecule has 0 aromatic carbocycles. The Morgan fingerprint density at radius 3 is 1.76 bits per heavy atom. The van der Waals surface area contributed by atoms with E-state index in [1.54, 1.807) is 0 Å². The number of unbranched alkanes of at least 4 members (excludes halogenated alkanes) is 1. The van der Waals surface area contributed by atoms with Gasteiger partial charge >= 0.3 is 0 Å². The van der Waals surface area contributed by atoms with Crippen molar-refractivity contribution in [2.45, 2.75) is 121 Å². The Bertz CT molecular complexity index is 404. The van der Waals surface area contributed by atoms with Gasteiger partial charge in [0.2, 0.25) is 0 Å². The molecule has 0 aromatic rings. The molecule has 0 aliphatic rings. The molecule has 0 fully saturated rings. The summed E-state index contributed by atoms with van der Waals surface area (Å²) < 4.78 is 0. The molecule has 7 atom stereocenters. The fourth-order valence-electron chi connectivity index (χ4n) is 5.33. The van der Waals surface area contributed by atoms with Crippen LogP contribution in [0.15, 0.2) is 12.2 Å². The van der Waals surface area contributed by atoms with Crippen LogP contribution in [0.1, 0.15) is 121 Å². The van der Waals surface area contributed by atoms with Crippen LogP contribution in [-0.2, 0) is 0 Å². The molecule has 29 heavy (non-hydrogen) atoms. The first-order chi connectivity index (χ1) is 13.6. The van der Waals surface area contributed by atoms with Crippen molar-refractivity contribution in [3.8, 4) is 0 Å². The molecule has 0 aliphatic heterocycles. The Morgan fingerprint density at radius 2 is 1.28 bits per heavy atom. The lowest BCUT2D eigenvalue weighted by atomic mass is 9.73. The number of rotatable bonds is 16. The Hall–Kier alpha value is -0.260. The average Bonchev–Trinajstić information content (AvgIpc) is 2.66. The highest BCUT2D eigenvalue weighted by Crippen LogP contribution is 2.36. The molecular weight excluding hydrogens is 348 g/mol. The normalized spacial score (nSPS) is 20.0. The highest BCUT2D eigenvalue weighted by Gasteiger charge is 2.26. The van der Waals surface area contributed by atoms with Gasteiger partial charge in [0.05, 0.1) is 0 Å². The lowest BCUT2D eigenvalue weighted by Crippen LogP contribution is -2.23. The lowest BCUT2D eigenvalue weighted by molar-refractivity contribution is 0.180. The van der Waals surface area contributed by atoms with Crippen LogP contribution < -0.4 is 0 Å². The molecule has 0 spiro atoms. The van der Waals surface area contributed by atoms with E-state index in [1.807, 2.05) is 0 Å². The van der Waals surface area contributed by atoms with Gasteiger partial charge in [-0.1, -0.05) is 114 Å². The predicted octanol–water partition coefficient (Wildman–Crippen LogP) is 10.0. The molecule has 0 aliphatic carbocycles. The van der Waals surface area contributed by atoms with Gasteiger partial charge in [-0.05, 0) is 72.5 Å². The summed E-state index contributed by atoms with van der Waals surface area (Å²) >= 11 is 0. The van der Waals surface area contributed by atoms with Crippen molar-refractivity contribution >= 4 is 0 Å². The van der Waals surface area contributed by atoms with Gasteiger partial charge in [-0.3, -0.25) is 0 Å². The average molecular weight is 407 g/mol. The van der Waals surface area contributed by atoms with Gasteiger partial charge in [-0.2, -0.15) is 0 Å². The van der Waals surface area contributed by atoms with Crippen LogP contribution in [0.5, 0.6) is 0 Å². The second kappa shape index (κ2) is 15.5. The van der Waals surface area contributed by atoms with Crippen molar-refractivity contribution < 1.29 is 0 Å². The van der Waals surface area contributed by atoms with Crippen LogP contribution in [0, 0.1) is 53.3 Å². The summed E-state index contributed by atoms with van der Waals surface area (Å²) in [4.78, 5) is 0. The van der Waals surface area contributed by atoms with Gasteiger partial charge in [0.15, 0.2) is 0 Å². The van der Waals surface area contributed by atoms with Crippen LogP contribution in [-0.4, -0.2) is 0 Å². The predicted molar refractivity (Wildman–Crippen MR) is 135 cm³/mol. The minimum atomic E-state index is 0.683. The zero-order chi connectivity index (χ0) is 22.6. The summed E-state index contributed by atoms with van der Waals surface area (Å²) in [5.74, 6) is 7.27. The largest absolute Gasteiger partial charge is 0.0880 e. The lowest BCUT2D eigenvalue weighted by Gasteiger charge is -2.33. The minimum Gasteiger partial charge on any atom is -0.0880 e. The monoisotopic (exact) mass is 406 g/mol. The van der Waals surface area contributed by atoms with Gasteiger partial charge in [-0.15, -0.1) is 0 Å². The summed E-state index contributed by atoms with van der Waals surface area (Å²) in [5.41, 5.74) is 0. The van der Waals surface area contributed by atoms with Crippen LogP contribution in [0.3, 0.4) is 0 Å². The second-order valence-corrected chi connectivity index (χ2v) is 11.3.